The molecule has 0 aromatic heterocycles. The molecule has 0 spiro atoms. The Balaban J connectivity index is 1.52. The van der Waals surface area contributed by atoms with E-state index >= 15 is 0 Å². The molecule has 0 fully saturated rings. The number of para-hydroxylation sites is 1. The zero-order valence-electron chi connectivity index (χ0n) is 15.2. The van der Waals surface area contributed by atoms with Crippen LogP contribution in [0.15, 0.2) is 72.8 Å². The summed E-state index contributed by atoms with van der Waals surface area (Å²) in [5, 5.41) is 8.72. The Morgan fingerprint density at radius 2 is 1.48 bits per heavy atom. The first-order valence-corrected chi connectivity index (χ1v) is 8.86. The van der Waals surface area contributed by atoms with Crippen LogP contribution in [0.25, 0.3) is 0 Å². The molecule has 0 amide bonds. The summed E-state index contributed by atoms with van der Waals surface area (Å²) >= 11 is 0. The number of aliphatic carboxylic acids is 1. The minimum Gasteiger partial charge on any atom is -0.489 e. The van der Waals surface area contributed by atoms with Crippen LogP contribution in [-0.2, 0) is 17.8 Å². The minimum atomic E-state index is -0.787. The monoisotopic (exact) mass is 362 g/mol. The van der Waals surface area contributed by atoms with Crippen LogP contribution in [0.2, 0.25) is 0 Å². The molecule has 0 aliphatic carbocycles. The molecule has 3 aromatic carbocycles. The zero-order chi connectivity index (χ0) is 19.1. The van der Waals surface area contributed by atoms with E-state index in [1.807, 2.05) is 79.7 Å². The molecule has 0 saturated carbocycles. The molecule has 0 atom stereocenters. The maximum absolute atomic E-state index is 10.6. The second-order valence-corrected chi connectivity index (χ2v) is 6.34. The Kier molecular flexibility index (Phi) is 6.10. The van der Waals surface area contributed by atoms with E-state index in [1.165, 1.54) is 0 Å². The molecular weight excluding hydrogens is 340 g/mol. The molecule has 0 heterocycles. The molecule has 4 nitrogen and oxygen atoms in total. The highest BCUT2D eigenvalue weighted by molar-refractivity contribution is 5.67. The lowest BCUT2D eigenvalue weighted by Gasteiger charge is -2.10. The Bertz CT molecular complexity index is 883. The Morgan fingerprint density at radius 1 is 0.852 bits per heavy atom. The maximum atomic E-state index is 10.6. The zero-order valence-corrected chi connectivity index (χ0v) is 15.2. The summed E-state index contributed by atoms with van der Waals surface area (Å²) in [5.74, 6) is 1.61. The van der Waals surface area contributed by atoms with Gasteiger partial charge in [-0.15, -0.1) is 0 Å². The van der Waals surface area contributed by atoms with Gasteiger partial charge in [-0.2, -0.15) is 0 Å². The first-order valence-electron chi connectivity index (χ1n) is 8.86. The number of aryl methyl sites for hydroxylation is 2. The number of carbonyl (C=O) groups is 1. The first-order chi connectivity index (χ1) is 13.1. The van der Waals surface area contributed by atoms with Crippen LogP contribution in [-0.4, -0.2) is 11.1 Å². The molecule has 138 valence electrons. The number of hydrogen-bond acceptors (Lipinski definition) is 3. The van der Waals surface area contributed by atoms with Crippen molar-refractivity contribution in [3.8, 4) is 17.2 Å². The molecule has 1 N–H and O–H groups in total. The van der Waals surface area contributed by atoms with Gasteiger partial charge >= 0.3 is 5.97 Å². The summed E-state index contributed by atoms with van der Waals surface area (Å²) < 4.78 is 11.7. The fraction of sp³-hybridized carbons (Fsp3) is 0.174. The van der Waals surface area contributed by atoms with Crippen molar-refractivity contribution < 1.29 is 19.4 Å². The number of carboxylic acid groups (broad SMARTS) is 1. The second kappa shape index (κ2) is 8.90. The molecule has 0 aliphatic rings. The quantitative estimate of drug-likeness (QED) is 0.584. The standard InChI is InChI=1S/C23H22O4/c1-17-4-2-3-5-22(17)27-21-13-8-19(9-14-21)16-26-20-11-6-18(7-12-20)10-15-23(24)25/h2-9,11-14H,10,15-16H2,1H3,(H,24,25). The van der Waals surface area contributed by atoms with Crippen molar-refractivity contribution >= 4 is 5.97 Å². The topological polar surface area (TPSA) is 55.8 Å². The SMILES string of the molecule is Cc1ccccc1Oc1ccc(COc2ccc(CCC(=O)O)cc2)cc1. The van der Waals surface area contributed by atoms with E-state index in [0.29, 0.717) is 13.0 Å². The third-order valence-electron chi connectivity index (χ3n) is 4.20. The molecule has 4 heteroatoms. The third kappa shape index (κ3) is 5.61. The Labute approximate surface area is 159 Å². The average molecular weight is 362 g/mol. The van der Waals surface area contributed by atoms with Gasteiger partial charge in [0.15, 0.2) is 0 Å². The van der Waals surface area contributed by atoms with E-state index in [2.05, 4.69) is 0 Å². The van der Waals surface area contributed by atoms with Crippen molar-refractivity contribution in [3.05, 3.63) is 89.5 Å². The van der Waals surface area contributed by atoms with Crippen molar-refractivity contribution in [2.24, 2.45) is 0 Å². The molecule has 3 aromatic rings. The van der Waals surface area contributed by atoms with E-state index in [4.69, 9.17) is 14.6 Å². The van der Waals surface area contributed by atoms with Crippen molar-refractivity contribution in [1.29, 1.82) is 0 Å². The third-order valence-corrected chi connectivity index (χ3v) is 4.20. The van der Waals surface area contributed by atoms with Crippen molar-refractivity contribution in [2.75, 3.05) is 0 Å². The summed E-state index contributed by atoms with van der Waals surface area (Å²) in [6.07, 6.45) is 0.662. The molecule has 0 radical (unpaired) electrons. The summed E-state index contributed by atoms with van der Waals surface area (Å²) in [5.41, 5.74) is 3.13. The highest BCUT2D eigenvalue weighted by Crippen LogP contribution is 2.25. The van der Waals surface area contributed by atoms with E-state index < -0.39 is 5.97 Å². The largest absolute Gasteiger partial charge is 0.489 e. The van der Waals surface area contributed by atoms with Gasteiger partial charge in [0.1, 0.15) is 23.9 Å². The van der Waals surface area contributed by atoms with Crippen LogP contribution in [0.3, 0.4) is 0 Å². The van der Waals surface area contributed by atoms with E-state index in [1.54, 1.807) is 0 Å². The van der Waals surface area contributed by atoms with Crippen LogP contribution >= 0.6 is 0 Å². The van der Waals surface area contributed by atoms with E-state index in [-0.39, 0.29) is 6.42 Å². The number of hydrogen-bond donors (Lipinski definition) is 1. The van der Waals surface area contributed by atoms with Crippen LogP contribution < -0.4 is 9.47 Å². The van der Waals surface area contributed by atoms with Crippen LogP contribution in [0.4, 0.5) is 0 Å². The van der Waals surface area contributed by atoms with Gasteiger partial charge in [-0.25, -0.2) is 0 Å². The molecule has 0 unspecified atom stereocenters. The lowest BCUT2D eigenvalue weighted by molar-refractivity contribution is -0.136. The van der Waals surface area contributed by atoms with Crippen molar-refractivity contribution in [3.63, 3.8) is 0 Å². The predicted molar refractivity (Wildman–Crippen MR) is 104 cm³/mol. The lowest BCUT2D eigenvalue weighted by Crippen LogP contribution is -1.98. The van der Waals surface area contributed by atoms with Crippen LogP contribution in [0, 0.1) is 6.92 Å². The van der Waals surface area contributed by atoms with Crippen molar-refractivity contribution in [1.82, 2.24) is 0 Å². The number of ether oxygens (including phenoxy) is 2. The molecule has 3 rings (SSSR count). The molecular formula is C23H22O4. The van der Waals surface area contributed by atoms with Crippen LogP contribution in [0.5, 0.6) is 17.2 Å². The van der Waals surface area contributed by atoms with Gasteiger partial charge < -0.3 is 14.6 Å². The average Bonchev–Trinajstić information content (AvgIpc) is 2.68. The predicted octanol–water partition coefficient (Wildman–Crippen LogP) is 5.38. The van der Waals surface area contributed by atoms with Gasteiger partial charge in [0.25, 0.3) is 0 Å². The molecule has 0 aliphatic heterocycles. The number of benzene rings is 3. The minimum absolute atomic E-state index is 0.136. The van der Waals surface area contributed by atoms with Crippen LogP contribution in [0.1, 0.15) is 23.1 Å². The van der Waals surface area contributed by atoms with E-state index in [0.717, 1.165) is 33.9 Å². The summed E-state index contributed by atoms with van der Waals surface area (Å²) in [7, 11) is 0. The summed E-state index contributed by atoms with van der Waals surface area (Å²) in [6, 6.07) is 23.3. The molecule has 0 saturated heterocycles. The first kappa shape index (κ1) is 18.5. The summed E-state index contributed by atoms with van der Waals surface area (Å²) in [6.45, 7) is 2.48. The summed E-state index contributed by atoms with van der Waals surface area (Å²) in [4.78, 5) is 10.6. The second-order valence-electron chi connectivity index (χ2n) is 6.34. The highest BCUT2D eigenvalue weighted by Gasteiger charge is 2.03. The highest BCUT2D eigenvalue weighted by atomic mass is 16.5. The molecule has 27 heavy (non-hydrogen) atoms. The van der Waals surface area contributed by atoms with Gasteiger partial charge in [0.05, 0.1) is 0 Å². The Hall–Kier alpha value is -3.27. The maximum Gasteiger partial charge on any atom is 0.303 e. The van der Waals surface area contributed by atoms with Gasteiger partial charge in [0.2, 0.25) is 0 Å². The normalized spacial score (nSPS) is 10.4. The van der Waals surface area contributed by atoms with Crippen molar-refractivity contribution in [2.45, 2.75) is 26.4 Å². The molecule has 0 bridgehead atoms. The van der Waals surface area contributed by atoms with Gasteiger partial charge in [0, 0.05) is 6.42 Å². The van der Waals surface area contributed by atoms with E-state index in [9.17, 15) is 4.79 Å². The van der Waals surface area contributed by atoms with Gasteiger partial charge in [-0.1, -0.05) is 42.5 Å². The number of carboxylic acids is 1. The fourth-order valence-corrected chi connectivity index (χ4v) is 2.62. The van der Waals surface area contributed by atoms with Gasteiger partial charge in [-0.3, -0.25) is 4.79 Å². The fourth-order valence-electron chi connectivity index (χ4n) is 2.62. The smallest absolute Gasteiger partial charge is 0.303 e. The number of rotatable bonds is 8. The van der Waals surface area contributed by atoms with Gasteiger partial charge in [-0.05, 0) is 60.4 Å². The lowest BCUT2D eigenvalue weighted by atomic mass is 10.1. The Morgan fingerprint density at radius 3 is 2.15 bits per heavy atom.